The first-order valence-electron chi connectivity index (χ1n) is 6.82. The molecule has 100 valence electrons. The van der Waals surface area contributed by atoms with E-state index in [1.54, 1.807) is 0 Å². The van der Waals surface area contributed by atoms with Crippen LogP contribution in [0.4, 0.5) is 5.82 Å². The molecule has 0 unspecified atom stereocenters. The minimum Gasteiger partial charge on any atom is -0.367 e. The van der Waals surface area contributed by atoms with Crippen LogP contribution in [0.1, 0.15) is 25.7 Å². The number of aromatic nitrogens is 2. The first-order valence-corrected chi connectivity index (χ1v) is 8.05. The van der Waals surface area contributed by atoms with Crippen molar-refractivity contribution in [1.82, 2.24) is 10.2 Å². The monoisotopic (exact) mass is 273 g/mol. The van der Waals surface area contributed by atoms with Crippen molar-refractivity contribution in [2.45, 2.75) is 30.4 Å². The summed E-state index contributed by atoms with van der Waals surface area (Å²) in [4.78, 5) is 0. The molecule has 1 aromatic heterocycles. The van der Waals surface area contributed by atoms with Crippen molar-refractivity contribution in [3.05, 3.63) is 30.5 Å². The third-order valence-corrected chi connectivity index (χ3v) is 5.51. The van der Waals surface area contributed by atoms with Crippen LogP contribution in [0.3, 0.4) is 0 Å². The van der Waals surface area contributed by atoms with Gasteiger partial charge in [0.2, 0.25) is 0 Å². The standard InChI is InChI=1S/C15H19N3S/c1-19-15(8-4-5-9-15)11-16-14-13-7-3-2-6-12(13)10-17-18-14/h2-3,6-7,10H,4-5,8-9,11H2,1H3,(H,16,18). The van der Waals surface area contributed by atoms with Crippen molar-refractivity contribution in [3.8, 4) is 0 Å². The molecular weight excluding hydrogens is 254 g/mol. The molecule has 1 aromatic carbocycles. The predicted octanol–water partition coefficient (Wildman–Crippen LogP) is 3.72. The van der Waals surface area contributed by atoms with Crippen LogP contribution in [0.25, 0.3) is 10.8 Å². The van der Waals surface area contributed by atoms with Gasteiger partial charge < -0.3 is 5.32 Å². The molecule has 19 heavy (non-hydrogen) atoms. The second kappa shape index (κ2) is 5.37. The molecule has 0 radical (unpaired) electrons. The molecule has 2 aromatic rings. The Labute approximate surface area is 118 Å². The van der Waals surface area contributed by atoms with Gasteiger partial charge in [0.1, 0.15) is 0 Å². The molecule has 0 bridgehead atoms. The summed E-state index contributed by atoms with van der Waals surface area (Å²) in [5.74, 6) is 0.915. The quantitative estimate of drug-likeness (QED) is 0.921. The highest BCUT2D eigenvalue weighted by Gasteiger charge is 2.32. The molecule has 3 nitrogen and oxygen atoms in total. The number of nitrogens with one attached hydrogen (secondary N) is 1. The topological polar surface area (TPSA) is 37.8 Å². The van der Waals surface area contributed by atoms with E-state index in [4.69, 9.17) is 0 Å². The lowest BCUT2D eigenvalue weighted by Crippen LogP contribution is -2.30. The zero-order chi connectivity index (χ0) is 13.1. The largest absolute Gasteiger partial charge is 0.367 e. The van der Waals surface area contributed by atoms with E-state index < -0.39 is 0 Å². The summed E-state index contributed by atoms with van der Waals surface area (Å²) < 4.78 is 0.388. The van der Waals surface area contributed by atoms with Gasteiger partial charge in [0.25, 0.3) is 0 Å². The molecule has 1 fully saturated rings. The Morgan fingerprint density at radius 2 is 2.05 bits per heavy atom. The predicted molar refractivity (Wildman–Crippen MR) is 82.7 cm³/mol. The summed E-state index contributed by atoms with van der Waals surface area (Å²) >= 11 is 1.99. The molecule has 4 heteroatoms. The summed E-state index contributed by atoms with van der Waals surface area (Å²) in [5.41, 5.74) is 0. The highest BCUT2D eigenvalue weighted by atomic mass is 32.2. The van der Waals surface area contributed by atoms with Crippen LogP contribution in [-0.4, -0.2) is 27.7 Å². The number of nitrogens with zero attached hydrogens (tertiary/aromatic N) is 2. The molecule has 0 atom stereocenters. The Balaban J connectivity index is 1.82. The average molecular weight is 273 g/mol. The average Bonchev–Trinajstić information content (AvgIpc) is 2.94. The van der Waals surface area contributed by atoms with Gasteiger partial charge in [-0.05, 0) is 19.1 Å². The Morgan fingerprint density at radius 3 is 2.84 bits per heavy atom. The number of rotatable bonds is 4. The third kappa shape index (κ3) is 2.54. The van der Waals surface area contributed by atoms with Crippen LogP contribution in [-0.2, 0) is 0 Å². The number of hydrogen-bond donors (Lipinski definition) is 1. The van der Waals surface area contributed by atoms with E-state index in [1.807, 2.05) is 24.0 Å². The third-order valence-electron chi connectivity index (χ3n) is 4.10. The number of hydrogen-bond acceptors (Lipinski definition) is 4. The smallest absolute Gasteiger partial charge is 0.156 e. The van der Waals surface area contributed by atoms with Crippen LogP contribution in [0.15, 0.2) is 30.5 Å². The summed E-state index contributed by atoms with van der Waals surface area (Å²) in [6, 6.07) is 8.27. The Hall–Kier alpha value is -1.29. The van der Waals surface area contributed by atoms with Gasteiger partial charge in [-0.15, -0.1) is 5.10 Å². The van der Waals surface area contributed by atoms with Gasteiger partial charge in [0, 0.05) is 22.1 Å². The van der Waals surface area contributed by atoms with E-state index in [0.29, 0.717) is 4.75 Å². The first-order chi connectivity index (χ1) is 9.33. The van der Waals surface area contributed by atoms with Gasteiger partial charge >= 0.3 is 0 Å². The summed E-state index contributed by atoms with van der Waals surface area (Å²) in [6.45, 7) is 0.983. The summed E-state index contributed by atoms with van der Waals surface area (Å²) in [7, 11) is 0. The maximum absolute atomic E-state index is 4.26. The molecule has 1 aliphatic carbocycles. The lowest BCUT2D eigenvalue weighted by Gasteiger charge is -2.27. The van der Waals surface area contributed by atoms with Crippen LogP contribution >= 0.6 is 11.8 Å². The summed E-state index contributed by atoms with van der Waals surface area (Å²) in [6.07, 6.45) is 9.36. The fraction of sp³-hybridized carbons (Fsp3) is 0.467. The number of anilines is 1. The fourth-order valence-corrected chi connectivity index (χ4v) is 3.79. The van der Waals surface area contributed by atoms with Crippen LogP contribution in [0.2, 0.25) is 0 Å². The minimum absolute atomic E-state index is 0.388. The highest BCUT2D eigenvalue weighted by Crippen LogP contribution is 2.40. The van der Waals surface area contributed by atoms with Crippen molar-refractivity contribution >= 4 is 28.4 Å². The highest BCUT2D eigenvalue weighted by molar-refractivity contribution is 8.00. The lowest BCUT2D eigenvalue weighted by atomic mass is 10.1. The number of benzene rings is 1. The van der Waals surface area contributed by atoms with Gasteiger partial charge in [0.15, 0.2) is 5.82 Å². The van der Waals surface area contributed by atoms with Crippen LogP contribution < -0.4 is 5.32 Å². The van der Waals surface area contributed by atoms with Gasteiger partial charge in [0.05, 0.1) is 6.20 Å². The van der Waals surface area contributed by atoms with Crippen molar-refractivity contribution < 1.29 is 0 Å². The van der Waals surface area contributed by atoms with E-state index in [1.165, 1.54) is 25.7 Å². The van der Waals surface area contributed by atoms with Gasteiger partial charge in [-0.2, -0.15) is 16.9 Å². The second-order valence-electron chi connectivity index (χ2n) is 5.23. The molecule has 0 aliphatic heterocycles. The van der Waals surface area contributed by atoms with E-state index in [2.05, 4.69) is 40.0 Å². The van der Waals surface area contributed by atoms with Crippen molar-refractivity contribution in [3.63, 3.8) is 0 Å². The van der Waals surface area contributed by atoms with E-state index in [0.717, 1.165) is 23.1 Å². The van der Waals surface area contributed by atoms with Crippen LogP contribution in [0, 0.1) is 0 Å². The maximum Gasteiger partial charge on any atom is 0.156 e. The molecule has 0 spiro atoms. The first kappa shape index (κ1) is 12.7. The Kier molecular flexibility index (Phi) is 3.60. The molecule has 3 rings (SSSR count). The van der Waals surface area contributed by atoms with Gasteiger partial charge in [-0.1, -0.05) is 37.1 Å². The van der Waals surface area contributed by atoms with Crippen LogP contribution in [0.5, 0.6) is 0 Å². The molecule has 1 heterocycles. The Bertz CT molecular complexity index is 559. The Morgan fingerprint density at radius 1 is 1.26 bits per heavy atom. The van der Waals surface area contributed by atoms with Crippen molar-refractivity contribution in [2.24, 2.45) is 0 Å². The van der Waals surface area contributed by atoms with Crippen molar-refractivity contribution in [2.75, 3.05) is 18.1 Å². The van der Waals surface area contributed by atoms with E-state index in [9.17, 15) is 0 Å². The number of fused-ring (bicyclic) bond motifs is 1. The second-order valence-corrected chi connectivity index (χ2v) is 6.50. The van der Waals surface area contributed by atoms with E-state index >= 15 is 0 Å². The number of thioether (sulfide) groups is 1. The molecule has 0 amide bonds. The molecular formula is C15H19N3S. The zero-order valence-corrected chi connectivity index (χ0v) is 12.0. The van der Waals surface area contributed by atoms with Gasteiger partial charge in [-0.25, -0.2) is 0 Å². The molecule has 1 aliphatic rings. The minimum atomic E-state index is 0.388. The van der Waals surface area contributed by atoms with Gasteiger partial charge in [-0.3, -0.25) is 0 Å². The lowest BCUT2D eigenvalue weighted by molar-refractivity contribution is 0.638. The molecule has 1 N–H and O–H groups in total. The molecule has 0 saturated heterocycles. The SMILES string of the molecule is CSC1(CNc2nncc3ccccc23)CCCC1. The fourth-order valence-electron chi connectivity index (χ4n) is 2.88. The zero-order valence-electron chi connectivity index (χ0n) is 11.2. The molecule has 1 saturated carbocycles. The van der Waals surface area contributed by atoms with E-state index in [-0.39, 0.29) is 0 Å². The summed E-state index contributed by atoms with van der Waals surface area (Å²) in [5, 5.41) is 14.2. The normalized spacial score (nSPS) is 17.7. The maximum atomic E-state index is 4.26. The van der Waals surface area contributed by atoms with Crippen molar-refractivity contribution in [1.29, 1.82) is 0 Å².